The zero-order valence-electron chi connectivity index (χ0n) is 13.4. The minimum Gasteiger partial charge on any atom is -0.367 e. The average Bonchev–Trinajstić information content (AvgIpc) is 2.97. The van der Waals surface area contributed by atoms with Crippen LogP contribution in [-0.2, 0) is 20.9 Å². The molecule has 5 heteroatoms. The van der Waals surface area contributed by atoms with E-state index in [1.807, 2.05) is 60.7 Å². The Morgan fingerprint density at radius 3 is 2.46 bits per heavy atom. The Kier molecular flexibility index (Phi) is 5.23. The van der Waals surface area contributed by atoms with Crippen LogP contribution in [-0.4, -0.2) is 31.0 Å². The van der Waals surface area contributed by atoms with Crippen molar-refractivity contribution in [3.8, 4) is 0 Å². The van der Waals surface area contributed by atoms with Gasteiger partial charge < -0.3 is 15.0 Å². The summed E-state index contributed by atoms with van der Waals surface area (Å²) >= 11 is 0. The maximum Gasteiger partial charge on any atom is 0.249 e. The molecule has 0 aliphatic carbocycles. The van der Waals surface area contributed by atoms with Crippen LogP contribution >= 0.6 is 0 Å². The van der Waals surface area contributed by atoms with Crippen molar-refractivity contribution in [2.45, 2.75) is 19.1 Å². The molecule has 1 aliphatic rings. The van der Waals surface area contributed by atoms with Gasteiger partial charge >= 0.3 is 0 Å². The summed E-state index contributed by atoms with van der Waals surface area (Å²) in [5.41, 5.74) is 1.87. The van der Waals surface area contributed by atoms with Crippen molar-refractivity contribution < 1.29 is 14.3 Å². The molecular formula is C19H20N2O3. The molecule has 1 saturated heterocycles. The third-order valence-electron chi connectivity index (χ3n) is 3.95. The number of rotatable bonds is 6. The SMILES string of the molecule is O=C(COCc1ccccc1)NC1CCN(c2ccccc2)C1=O. The van der Waals surface area contributed by atoms with Crippen LogP contribution in [0.4, 0.5) is 5.69 Å². The number of anilines is 1. The first-order chi connectivity index (χ1) is 11.7. The largest absolute Gasteiger partial charge is 0.367 e. The highest BCUT2D eigenvalue weighted by atomic mass is 16.5. The zero-order valence-corrected chi connectivity index (χ0v) is 13.4. The molecule has 0 bridgehead atoms. The second-order valence-electron chi connectivity index (χ2n) is 5.71. The van der Waals surface area contributed by atoms with Crippen molar-refractivity contribution in [1.29, 1.82) is 0 Å². The number of para-hydroxylation sites is 1. The van der Waals surface area contributed by atoms with Gasteiger partial charge in [0.2, 0.25) is 11.8 Å². The molecule has 1 fully saturated rings. The molecule has 1 atom stereocenters. The van der Waals surface area contributed by atoms with Gasteiger partial charge in [-0.05, 0) is 24.1 Å². The quantitative estimate of drug-likeness (QED) is 0.885. The van der Waals surface area contributed by atoms with Gasteiger partial charge in [-0.15, -0.1) is 0 Å². The molecule has 0 aromatic heterocycles. The zero-order chi connectivity index (χ0) is 16.8. The van der Waals surface area contributed by atoms with Crippen molar-refractivity contribution in [2.75, 3.05) is 18.1 Å². The van der Waals surface area contributed by atoms with E-state index in [0.29, 0.717) is 19.6 Å². The molecule has 0 radical (unpaired) electrons. The molecule has 5 nitrogen and oxygen atoms in total. The summed E-state index contributed by atoms with van der Waals surface area (Å²) in [4.78, 5) is 26.1. The van der Waals surface area contributed by atoms with Gasteiger partial charge in [-0.2, -0.15) is 0 Å². The standard InChI is InChI=1S/C19H20N2O3/c22-18(14-24-13-15-7-3-1-4-8-15)20-17-11-12-21(19(17)23)16-9-5-2-6-10-16/h1-10,17H,11-14H2,(H,20,22). The summed E-state index contributed by atoms with van der Waals surface area (Å²) in [6, 6.07) is 18.7. The van der Waals surface area contributed by atoms with Gasteiger partial charge in [0.15, 0.2) is 0 Å². The molecule has 2 amide bonds. The number of hydrogen-bond donors (Lipinski definition) is 1. The molecule has 0 spiro atoms. The van der Waals surface area contributed by atoms with Crippen LogP contribution in [0.1, 0.15) is 12.0 Å². The van der Waals surface area contributed by atoms with Gasteiger partial charge in [0.1, 0.15) is 12.6 Å². The molecule has 2 aromatic carbocycles. The van der Waals surface area contributed by atoms with Gasteiger partial charge in [-0.3, -0.25) is 9.59 Å². The number of nitrogens with one attached hydrogen (secondary N) is 1. The molecule has 1 unspecified atom stereocenters. The lowest BCUT2D eigenvalue weighted by Crippen LogP contribution is -2.43. The second kappa shape index (κ2) is 7.75. The Bertz CT molecular complexity index is 688. The number of benzene rings is 2. The fourth-order valence-electron chi connectivity index (χ4n) is 2.75. The van der Waals surface area contributed by atoms with Crippen molar-refractivity contribution in [3.05, 3.63) is 66.2 Å². The number of amides is 2. The fourth-order valence-corrected chi connectivity index (χ4v) is 2.75. The third-order valence-corrected chi connectivity index (χ3v) is 3.95. The molecule has 24 heavy (non-hydrogen) atoms. The van der Waals surface area contributed by atoms with Gasteiger partial charge in [0, 0.05) is 12.2 Å². The minimum absolute atomic E-state index is 0.0516. The predicted molar refractivity (Wildman–Crippen MR) is 91.4 cm³/mol. The molecule has 2 aromatic rings. The third kappa shape index (κ3) is 4.00. The number of carbonyl (C=O) groups excluding carboxylic acids is 2. The second-order valence-corrected chi connectivity index (χ2v) is 5.71. The summed E-state index contributed by atoms with van der Waals surface area (Å²) in [6.45, 7) is 0.936. The van der Waals surface area contributed by atoms with E-state index in [1.165, 1.54) is 0 Å². The predicted octanol–water partition coefficient (Wildman–Crippen LogP) is 2.12. The summed E-state index contributed by atoms with van der Waals surface area (Å²) in [7, 11) is 0. The molecule has 124 valence electrons. The van der Waals surface area contributed by atoms with E-state index in [2.05, 4.69) is 5.32 Å². The van der Waals surface area contributed by atoms with E-state index in [1.54, 1.807) is 4.90 Å². The lowest BCUT2D eigenvalue weighted by atomic mass is 10.2. The van der Waals surface area contributed by atoms with Gasteiger partial charge in [0.05, 0.1) is 6.61 Å². The van der Waals surface area contributed by atoms with Crippen molar-refractivity contribution in [1.82, 2.24) is 5.32 Å². The Morgan fingerprint density at radius 1 is 1.08 bits per heavy atom. The van der Waals surface area contributed by atoms with E-state index in [4.69, 9.17) is 4.74 Å². The van der Waals surface area contributed by atoms with E-state index in [-0.39, 0.29) is 18.4 Å². The van der Waals surface area contributed by atoms with Crippen molar-refractivity contribution in [3.63, 3.8) is 0 Å². The van der Waals surface area contributed by atoms with Crippen LogP contribution in [0, 0.1) is 0 Å². The number of nitrogens with zero attached hydrogens (tertiary/aromatic N) is 1. The summed E-state index contributed by atoms with van der Waals surface area (Å²) in [6.07, 6.45) is 0.609. The topological polar surface area (TPSA) is 58.6 Å². The van der Waals surface area contributed by atoms with E-state index in [9.17, 15) is 9.59 Å². The normalized spacial score (nSPS) is 17.1. The Morgan fingerprint density at radius 2 is 1.75 bits per heavy atom. The molecule has 3 rings (SSSR count). The molecule has 0 saturated carbocycles. The van der Waals surface area contributed by atoms with Gasteiger partial charge in [-0.1, -0.05) is 48.5 Å². The van der Waals surface area contributed by atoms with Crippen LogP contribution in [0.15, 0.2) is 60.7 Å². The van der Waals surface area contributed by atoms with Crippen LogP contribution in [0.25, 0.3) is 0 Å². The maximum atomic E-state index is 12.4. The number of ether oxygens (including phenoxy) is 1. The van der Waals surface area contributed by atoms with Crippen LogP contribution < -0.4 is 10.2 Å². The van der Waals surface area contributed by atoms with E-state index in [0.717, 1.165) is 11.3 Å². The summed E-state index contributed by atoms with van der Waals surface area (Å²) in [5, 5.41) is 2.76. The minimum atomic E-state index is -0.474. The van der Waals surface area contributed by atoms with Crippen LogP contribution in [0.5, 0.6) is 0 Å². The highest BCUT2D eigenvalue weighted by Gasteiger charge is 2.33. The smallest absolute Gasteiger partial charge is 0.249 e. The lowest BCUT2D eigenvalue weighted by molar-refractivity contribution is -0.130. The summed E-state index contributed by atoms with van der Waals surface area (Å²) in [5.74, 6) is -0.336. The number of carbonyl (C=O) groups is 2. The Labute approximate surface area is 141 Å². The first-order valence-electron chi connectivity index (χ1n) is 8.01. The first kappa shape index (κ1) is 16.2. The Hall–Kier alpha value is -2.66. The highest BCUT2D eigenvalue weighted by Crippen LogP contribution is 2.20. The van der Waals surface area contributed by atoms with Crippen LogP contribution in [0.2, 0.25) is 0 Å². The maximum absolute atomic E-state index is 12.4. The number of hydrogen-bond acceptors (Lipinski definition) is 3. The highest BCUT2D eigenvalue weighted by molar-refractivity contribution is 6.01. The first-order valence-corrected chi connectivity index (χ1v) is 8.01. The molecule has 1 N–H and O–H groups in total. The van der Waals surface area contributed by atoms with E-state index >= 15 is 0 Å². The van der Waals surface area contributed by atoms with E-state index < -0.39 is 6.04 Å². The fraction of sp³-hybridized carbons (Fsp3) is 0.263. The van der Waals surface area contributed by atoms with Crippen molar-refractivity contribution >= 4 is 17.5 Å². The average molecular weight is 324 g/mol. The van der Waals surface area contributed by atoms with Crippen LogP contribution in [0.3, 0.4) is 0 Å². The molecule has 1 heterocycles. The van der Waals surface area contributed by atoms with Gasteiger partial charge in [-0.25, -0.2) is 0 Å². The lowest BCUT2D eigenvalue weighted by Gasteiger charge is -2.17. The summed E-state index contributed by atoms with van der Waals surface area (Å²) < 4.78 is 5.40. The Balaban J connectivity index is 1.46. The molecule has 1 aliphatic heterocycles. The van der Waals surface area contributed by atoms with Gasteiger partial charge in [0.25, 0.3) is 0 Å². The van der Waals surface area contributed by atoms with Crippen molar-refractivity contribution in [2.24, 2.45) is 0 Å². The monoisotopic (exact) mass is 324 g/mol. The molecular weight excluding hydrogens is 304 g/mol.